The number of carbonyl (C=O) groups is 1. The van der Waals surface area contributed by atoms with Crippen molar-refractivity contribution in [3.63, 3.8) is 0 Å². The second kappa shape index (κ2) is 6.66. The topological polar surface area (TPSA) is 81.8 Å². The second-order valence-electron chi connectivity index (χ2n) is 5.43. The van der Waals surface area contributed by atoms with E-state index >= 15 is 0 Å². The van der Waals surface area contributed by atoms with Crippen LogP contribution < -0.4 is 15.2 Å². The monoisotopic (exact) mass is 357 g/mol. The van der Waals surface area contributed by atoms with E-state index in [1.165, 1.54) is 0 Å². The summed E-state index contributed by atoms with van der Waals surface area (Å²) in [5.74, 6) is 0.610. The molecule has 2 rings (SSSR count). The molecule has 0 saturated carbocycles. The van der Waals surface area contributed by atoms with Crippen LogP contribution in [0.5, 0.6) is 11.5 Å². The highest BCUT2D eigenvalue weighted by molar-refractivity contribution is 9.10. The lowest BCUT2D eigenvalue weighted by atomic mass is 9.90. The average molecular weight is 358 g/mol. The molecule has 0 aromatic heterocycles. The second-order valence-corrected chi connectivity index (χ2v) is 6.28. The van der Waals surface area contributed by atoms with Gasteiger partial charge in [-0.25, -0.2) is 0 Å². The maximum atomic E-state index is 10.9. The summed E-state index contributed by atoms with van der Waals surface area (Å²) >= 11 is 3.48. The Labute approximate surface area is 132 Å². The number of halogens is 1. The summed E-state index contributed by atoms with van der Waals surface area (Å²) in [6, 6.07) is 1.28. The number of fused-ring (bicyclic) bond motifs is 1. The lowest BCUT2D eigenvalue weighted by Gasteiger charge is -2.23. The molecule has 0 spiro atoms. The van der Waals surface area contributed by atoms with E-state index < -0.39 is 12.0 Å². The molecule has 21 heavy (non-hydrogen) atoms. The molecule has 0 radical (unpaired) electrons. The predicted octanol–water partition coefficient (Wildman–Crippen LogP) is 3.21. The SMILES string of the molecule is CC(C)c1c(C(N)CC(=O)O)cc(Br)c2c1OCCCO2. The van der Waals surface area contributed by atoms with Crippen molar-refractivity contribution >= 4 is 21.9 Å². The van der Waals surface area contributed by atoms with Crippen molar-refractivity contribution in [2.24, 2.45) is 5.73 Å². The number of carboxylic acids is 1. The van der Waals surface area contributed by atoms with Gasteiger partial charge in [0.05, 0.1) is 24.1 Å². The first-order chi connectivity index (χ1) is 9.91. The molecule has 1 heterocycles. The summed E-state index contributed by atoms with van der Waals surface area (Å²) in [6.45, 7) is 5.25. The Morgan fingerprint density at radius 1 is 1.38 bits per heavy atom. The quantitative estimate of drug-likeness (QED) is 0.864. The van der Waals surface area contributed by atoms with Crippen LogP contribution in [0.25, 0.3) is 0 Å². The molecule has 1 aliphatic heterocycles. The molecular weight excluding hydrogens is 338 g/mol. The summed E-state index contributed by atoms with van der Waals surface area (Å²) in [4.78, 5) is 10.9. The Morgan fingerprint density at radius 2 is 2.00 bits per heavy atom. The van der Waals surface area contributed by atoms with Crippen LogP contribution in [0.3, 0.4) is 0 Å². The highest BCUT2D eigenvalue weighted by Crippen LogP contribution is 2.46. The predicted molar refractivity (Wildman–Crippen MR) is 83.0 cm³/mol. The lowest BCUT2D eigenvalue weighted by Crippen LogP contribution is -2.18. The summed E-state index contributed by atoms with van der Waals surface area (Å²) < 4.78 is 12.4. The van der Waals surface area contributed by atoms with Crippen LogP contribution in [0, 0.1) is 0 Å². The van der Waals surface area contributed by atoms with Crippen molar-refractivity contribution in [3.05, 3.63) is 21.7 Å². The first-order valence-corrected chi connectivity index (χ1v) is 7.80. The Hall–Kier alpha value is -1.27. The standard InChI is InChI=1S/C15H20BrNO4/c1-8(2)13-9(11(17)7-12(18)19)6-10(16)14-15(13)21-5-3-4-20-14/h6,8,11H,3-5,7,17H2,1-2H3,(H,18,19). The molecule has 0 bridgehead atoms. The third-order valence-corrected chi connectivity index (χ3v) is 4.00. The number of hydrogen-bond acceptors (Lipinski definition) is 4. The van der Waals surface area contributed by atoms with Gasteiger partial charge >= 0.3 is 5.97 Å². The molecule has 1 unspecified atom stereocenters. The zero-order valence-electron chi connectivity index (χ0n) is 12.2. The molecular formula is C15H20BrNO4. The molecule has 1 atom stereocenters. The molecule has 116 valence electrons. The van der Waals surface area contributed by atoms with Crippen LogP contribution in [0.15, 0.2) is 10.5 Å². The minimum Gasteiger partial charge on any atom is -0.489 e. The van der Waals surface area contributed by atoms with Crippen molar-refractivity contribution in [3.8, 4) is 11.5 Å². The van der Waals surface area contributed by atoms with Gasteiger partial charge in [0.2, 0.25) is 0 Å². The van der Waals surface area contributed by atoms with Crippen LogP contribution in [0.1, 0.15) is 49.8 Å². The van der Waals surface area contributed by atoms with E-state index in [4.69, 9.17) is 20.3 Å². The van der Waals surface area contributed by atoms with Gasteiger partial charge in [-0.15, -0.1) is 0 Å². The number of carboxylic acid groups (broad SMARTS) is 1. The van der Waals surface area contributed by atoms with Gasteiger partial charge in [-0.2, -0.15) is 0 Å². The van der Waals surface area contributed by atoms with E-state index in [0.29, 0.717) is 24.7 Å². The Kier molecular flexibility index (Phi) is 5.11. The van der Waals surface area contributed by atoms with E-state index in [-0.39, 0.29) is 12.3 Å². The first-order valence-electron chi connectivity index (χ1n) is 7.01. The van der Waals surface area contributed by atoms with Crippen molar-refractivity contribution in [1.29, 1.82) is 0 Å². The molecule has 3 N–H and O–H groups in total. The molecule has 1 aromatic rings. The lowest BCUT2D eigenvalue weighted by molar-refractivity contribution is -0.137. The van der Waals surface area contributed by atoms with Crippen LogP contribution in [-0.2, 0) is 4.79 Å². The van der Waals surface area contributed by atoms with Gasteiger partial charge in [0.1, 0.15) is 0 Å². The Morgan fingerprint density at radius 3 is 2.57 bits per heavy atom. The van der Waals surface area contributed by atoms with Crippen molar-refractivity contribution in [2.75, 3.05) is 13.2 Å². The molecule has 0 aliphatic carbocycles. The largest absolute Gasteiger partial charge is 0.489 e. The number of rotatable bonds is 4. The summed E-state index contributed by atoms with van der Waals surface area (Å²) in [5.41, 5.74) is 7.81. The van der Waals surface area contributed by atoms with Gasteiger partial charge in [-0.05, 0) is 33.5 Å². The molecule has 1 aliphatic rings. The van der Waals surface area contributed by atoms with Gasteiger partial charge in [0.25, 0.3) is 0 Å². The Bertz CT molecular complexity index is 545. The maximum Gasteiger partial charge on any atom is 0.305 e. The third-order valence-electron chi connectivity index (χ3n) is 3.41. The minimum absolute atomic E-state index is 0.119. The number of ether oxygens (including phenoxy) is 2. The average Bonchev–Trinajstić information content (AvgIpc) is 2.63. The molecule has 0 saturated heterocycles. The molecule has 6 heteroatoms. The summed E-state index contributed by atoms with van der Waals surface area (Å²) in [5, 5.41) is 8.98. The summed E-state index contributed by atoms with van der Waals surface area (Å²) in [6.07, 6.45) is 0.695. The van der Waals surface area contributed by atoms with E-state index in [9.17, 15) is 4.79 Å². The Balaban J connectivity index is 2.57. The van der Waals surface area contributed by atoms with Gasteiger partial charge in [0.15, 0.2) is 11.5 Å². The fourth-order valence-corrected chi connectivity index (χ4v) is 3.07. The van der Waals surface area contributed by atoms with Gasteiger partial charge in [-0.1, -0.05) is 13.8 Å². The number of benzene rings is 1. The highest BCUT2D eigenvalue weighted by atomic mass is 79.9. The van der Waals surface area contributed by atoms with E-state index in [2.05, 4.69) is 15.9 Å². The summed E-state index contributed by atoms with van der Waals surface area (Å²) in [7, 11) is 0. The number of nitrogens with two attached hydrogens (primary N) is 1. The highest BCUT2D eigenvalue weighted by Gasteiger charge is 2.26. The zero-order chi connectivity index (χ0) is 15.6. The van der Waals surface area contributed by atoms with E-state index in [0.717, 1.165) is 22.0 Å². The fraction of sp³-hybridized carbons (Fsp3) is 0.533. The van der Waals surface area contributed by atoms with Gasteiger partial charge in [-0.3, -0.25) is 4.79 Å². The number of hydrogen-bond donors (Lipinski definition) is 2. The van der Waals surface area contributed by atoms with Crippen molar-refractivity contribution < 1.29 is 19.4 Å². The smallest absolute Gasteiger partial charge is 0.305 e. The minimum atomic E-state index is -0.916. The van der Waals surface area contributed by atoms with Gasteiger partial charge < -0.3 is 20.3 Å². The molecule has 0 amide bonds. The van der Waals surface area contributed by atoms with Crippen LogP contribution in [0.2, 0.25) is 0 Å². The first kappa shape index (κ1) is 16.1. The van der Waals surface area contributed by atoms with Crippen LogP contribution >= 0.6 is 15.9 Å². The van der Waals surface area contributed by atoms with E-state index in [1.54, 1.807) is 0 Å². The van der Waals surface area contributed by atoms with Gasteiger partial charge in [0, 0.05) is 18.0 Å². The van der Waals surface area contributed by atoms with Crippen LogP contribution in [-0.4, -0.2) is 24.3 Å². The number of aliphatic carboxylic acids is 1. The third kappa shape index (κ3) is 3.49. The van der Waals surface area contributed by atoms with Crippen LogP contribution in [0.4, 0.5) is 0 Å². The molecule has 1 aromatic carbocycles. The molecule has 0 fully saturated rings. The maximum absolute atomic E-state index is 10.9. The van der Waals surface area contributed by atoms with E-state index in [1.807, 2.05) is 19.9 Å². The normalized spacial score (nSPS) is 15.7. The fourth-order valence-electron chi connectivity index (χ4n) is 2.53. The van der Waals surface area contributed by atoms with Crippen molar-refractivity contribution in [2.45, 2.75) is 38.6 Å². The van der Waals surface area contributed by atoms with Crippen molar-refractivity contribution in [1.82, 2.24) is 0 Å². The zero-order valence-corrected chi connectivity index (χ0v) is 13.8. The molecule has 5 nitrogen and oxygen atoms in total.